The predicted molar refractivity (Wildman–Crippen MR) is 141 cm³/mol. The Morgan fingerprint density at radius 2 is 2.00 bits per heavy atom. The van der Waals surface area contributed by atoms with E-state index in [1.807, 2.05) is 56.3 Å². The van der Waals surface area contributed by atoms with Gasteiger partial charge in [-0.3, -0.25) is 0 Å². The molecule has 188 valence electrons. The number of anilines is 1. The SMILES string of the molecule is CC(C)NC(=O)Nc1ccc(-c2c(C#N)c3ccc(OCC/C(N)=N/NN)cc3n2C2CCC2)cc1. The quantitative estimate of drug-likeness (QED) is 0.133. The molecule has 0 aliphatic heterocycles. The average Bonchev–Trinajstić information content (AvgIpc) is 3.11. The van der Waals surface area contributed by atoms with Crippen molar-refractivity contribution >= 4 is 28.5 Å². The molecule has 0 saturated heterocycles. The number of fused-ring (bicyclic) bond motifs is 1. The zero-order valence-corrected chi connectivity index (χ0v) is 20.5. The van der Waals surface area contributed by atoms with Crippen LogP contribution in [0.2, 0.25) is 0 Å². The molecular weight excluding hydrogens is 456 g/mol. The van der Waals surface area contributed by atoms with Gasteiger partial charge < -0.3 is 25.7 Å². The highest BCUT2D eigenvalue weighted by Gasteiger charge is 2.28. The first-order valence-electron chi connectivity index (χ1n) is 12.1. The number of rotatable bonds is 9. The number of nitrogens with one attached hydrogen (secondary N) is 3. The van der Waals surface area contributed by atoms with Crippen molar-refractivity contribution in [1.82, 2.24) is 15.4 Å². The van der Waals surface area contributed by atoms with Crippen LogP contribution >= 0.6 is 0 Å². The van der Waals surface area contributed by atoms with Crippen LogP contribution in [0.3, 0.4) is 0 Å². The summed E-state index contributed by atoms with van der Waals surface area (Å²) in [5.74, 6) is 6.20. The molecule has 2 amide bonds. The van der Waals surface area contributed by atoms with Crippen LogP contribution in [0.15, 0.2) is 47.6 Å². The van der Waals surface area contributed by atoms with Gasteiger partial charge in [-0.15, -0.1) is 0 Å². The maximum atomic E-state index is 12.1. The van der Waals surface area contributed by atoms with E-state index in [4.69, 9.17) is 16.3 Å². The molecule has 1 aliphatic carbocycles. The number of hydrazine groups is 1. The Morgan fingerprint density at radius 3 is 2.61 bits per heavy atom. The summed E-state index contributed by atoms with van der Waals surface area (Å²) in [6, 6.07) is 15.9. The second-order valence-corrected chi connectivity index (χ2v) is 9.13. The molecule has 1 aromatic heterocycles. The molecule has 1 fully saturated rings. The van der Waals surface area contributed by atoms with Gasteiger partial charge in [0.25, 0.3) is 0 Å². The number of nitrogens with zero attached hydrogens (tertiary/aromatic N) is 3. The molecule has 10 nitrogen and oxygen atoms in total. The van der Waals surface area contributed by atoms with Gasteiger partial charge in [-0.1, -0.05) is 12.1 Å². The summed E-state index contributed by atoms with van der Waals surface area (Å²) in [5, 5.41) is 20.4. The number of hydrogen-bond acceptors (Lipinski definition) is 6. The van der Waals surface area contributed by atoms with Crippen LogP contribution in [-0.2, 0) is 0 Å². The van der Waals surface area contributed by atoms with Crippen molar-refractivity contribution in [3.8, 4) is 23.1 Å². The first-order chi connectivity index (χ1) is 17.4. The van der Waals surface area contributed by atoms with E-state index in [2.05, 4.69) is 31.9 Å². The van der Waals surface area contributed by atoms with E-state index in [0.29, 0.717) is 41.9 Å². The van der Waals surface area contributed by atoms with Crippen molar-refractivity contribution in [2.24, 2.45) is 16.7 Å². The van der Waals surface area contributed by atoms with Crippen LogP contribution in [0, 0.1) is 11.3 Å². The Labute approximate surface area is 210 Å². The Hall–Kier alpha value is -4.23. The van der Waals surface area contributed by atoms with Gasteiger partial charge in [-0.25, -0.2) is 16.2 Å². The minimum atomic E-state index is -0.251. The number of urea groups is 1. The number of hydrazone groups is 1. The number of nitriles is 1. The van der Waals surface area contributed by atoms with E-state index < -0.39 is 0 Å². The molecule has 36 heavy (non-hydrogen) atoms. The molecule has 1 heterocycles. The summed E-state index contributed by atoms with van der Waals surface area (Å²) in [5.41, 5.74) is 12.0. The van der Waals surface area contributed by atoms with Crippen molar-refractivity contribution < 1.29 is 9.53 Å². The Kier molecular flexibility index (Phi) is 7.61. The monoisotopic (exact) mass is 488 g/mol. The standard InChI is InChI=1S/C26H32N8O2/c1-16(2)30-26(35)31-18-8-6-17(7-9-18)25-22(15-27)21-11-10-20(36-13-12-24(28)32-33-29)14-23(21)34(25)19-4-3-5-19/h6-11,14,16,19,33H,3-5,12-13,29H2,1-2H3,(H2,28,32)(H2,30,31,35). The lowest BCUT2D eigenvalue weighted by molar-refractivity contribution is 0.250. The molecule has 1 aliphatic rings. The van der Waals surface area contributed by atoms with Gasteiger partial charge in [0.2, 0.25) is 0 Å². The molecule has 7 N–H and O–H groups in total. The summed E-state index contributed by atoms with van der Waals surface area (Å²) in [4.78, 5) is 12.1. The Morgan fingerprint density at radius 1 is 1.25 bits per heavy atom. The summed E-state index contributed by atoms with van der Waals surface area (Å²) in [6.45, 7) is 4.17. The topological polar surface area (TPSA) is 156 Å². The lowest BCUT2D eigenvalue weighted by Gasteiger charge is -2.30. The molecule has 0 bridgehead atoms. The minimum Gasteiger partial charge on any atom is -0.493 e. The number of amidine groups is 1. The highest BCUT2D eigenvalue weighted by Crippen LogP contribution is 2.43. The van der Waals surface area contributed by atoms with Crippen molar-refractivity contribution in [2.45, 2.75) is 51.6 Å². The summed E-state index contributed by atoms with van der Waals surface area (Å²) in [6.07, 6.45) is 3.70. The van der Waals surface area contributed by atoms with E-state index >= 15 is 0 Å². The maximum absolute atomic E-state index is 12.1. The minimum absolute atomic E-state index is 0.0444. The first-order valence-corrected chi connectivity index (χ1v) is 12.1. The van der Waals surface area contributed by atoms with Crippen molar-refractivity contribution in [3.63, 3.8) is 0 Å². The number of hydrogen-bond donors (Lipinski definition) is 5. The highest BCUT2D eigenvalue weighted by atomic mass is 16.5. The van der Waals surface area contributed by atoms with Crippen molar-refractivity contribution in [2.75, 3.05) is 11.9 Å². The van der Waals surface area contributed by atoms with Gasteiger partial charge in [-0.05, 0) is 62.9 Å². The summed E-state index contributed by atoms with van der Waals surface area (Å²) in [7, 11) is 0. The van der Waals surface area contributed by atoms with Crippen molar-refractivity contribution in [3.05, 3.63) is 48.0 Å². The third-order valence-corrected chi connectivity index (χ3v) is 6.20. The second-order valence-electron chi connectivity index (χ2n) is 9.13. The number of aromatic nitrogens is 1. The Balaban J connectivity index is 1.67. The van der Waals surface area contributed by atoms with E-state index in [1.165, 1.54) is 0 Å². The van der Waals surface area contributed by atoms with Gasteiger partial charge in [0.15, 0.2) is 0 Å². The van der Waals surface area contributed by atoms with E-state index in [1.54, 1.807) is 0 Å². The number of nitrogens with two attached hydrogens (primary N) is 2. The Bertz CT molecular complexity index is 1300. The summed E-state index contributed by atoms with van der Waals surface area (Å²) >= 11 is 0. The summed E-state index contributed by atoms with van der Waals surface area (Å²) < 4.78 is 8.18. The largest absolute Gasteiger partial charge is 0.493 e. The van der Waals surface area contributed by atoms with Crippen LogP contribution in [0.25, 0.3) is 22.2 Å². The van der Waals surface area contributed by atoms with Crippen LogP contribution in [-0.4, -0.2) is 29.1 Å². The van der Waals surface area contributed by atoms with Crippen LogP contribution in [0.1, 0.15) is 51.1 Å². The van der Waals surface area contributed by atoms with Crippen molar-refractivity contribution in [1.29, 1.82) is 5.26 Å². The van der Waals surface area contributed by atoms with Crippen LogP contribution in [0.5, 0.6) is 5.75 Å². The molecular formula is C26H32N8O2. The number of carbonyl (C=O) groups is 1. The zero-order chi connectivity index (χ0) is 25.7. The van der Waals surface area contributed by atoms with Crippen LogP contribution in [0.4, 0.5) is 10.5 Å². The second kappa shape index (κ2) is 11.0. The first kappa shape index (κ1) is 24.9. The molecule has 3 aromatic rings. The molecule has 0 unspecified atom stereocenters. The fourth-order valence-electron chi connectivity index (χ4n) is 4.35. The molecule has 0 spiro atoms. The highest BCUT2D eigenvalue weighted by molar-refractivity contribution is 5.96. The average molecular weight is 489 g/mol. The molecule has 4 rings (SSSR count). The van der Waals surface area contributed by atoms with E-state index in [9.17, 15) is 10.1 Å². The third kappa shape index (κ3) is 5.37. The smallest absolute Gasteiger partial charge is 0.319 e. The molecule has 2 aromatic carbocycles. The van der Waals surface area contributed by atoms with Crippen LogP contribution < -0.4 is 32.5 Å². The molecule has 1 saturated carbocycles. The number of ether oxygens (including phenoxy) is 1. The van der Waals surface area contributed by atoms with Gasteiger partial charge in [0.1, 0.15) is 17.7 Å². The number of benzene rings is 2. The van der Waals surface area contributed by atoms with Gasteiger partial charge >= 0.3 is 6.03 Å². The molecule has 0 atom stereocenters. The molecule has 10 heteroatoms. The fourth-order valence-corrected chi connectivity index (χ4v) is 4.35. The zero-order valence-electron chi connectivity index (χ0n) is 20.5. The van der Waals surface area contributed by atoms with Gasteiger partial charge in [-0.2, -0.15) is 10.4 Å². The molecule has 0 radical (unpaired) electrons. The van der Waals surface area contributed by atoms with E-state index in [0.717, 1.165) is 41.4 Å². The number of amides is 2. The lowest BCUT2D eigenvalue weighted by Crippen LogP contribution is -2.34. The number of carbonyl (C=O) groups excluding carboxylic acids is 1. The van der Waals surface area contributed by atoms with E-state index in [-0.39, 0.29) is 12.1 Å². The van der Waals surface area contributed by atoms with Gasteiger partial charge in [0.05, 0.1) is 23.4 Å². The fraction of sp³-hybridized carbons (Fsp3) is 0.346. The maximum Gasteiger partial charge on any atom is 0.319 e. The van der Waals surface area contributed by atoms with Gasteiger partial charge in [0, 0.05) is 35.6 Å². The normalized spacial score (nSPS) is 13.8. The lowest BCUT2D eigenvalue weighted by atomic mass is 9.92. The predicted octanol–water partition coefficient (Wildman–Crippen LogP) is 3.94. The third-order valence-electron chi connectivity index (χ3n) is 6.20.